The number of likely N-dealkylation sites (tertiary alicyclic amines) is 1. The van der Waals surface area contributed by atoms with Crippen molar-refractivity contribution in [2.75, 3.05) is 38.2 Å². The highest BCUT2D eigenvalue weighted by molar-refractivity contribution is 5.79. The summed E-state index contributed by atoms with van der Waals surface area (Å²) in [6, 6.07) is 12.6. The molecule has 2 unspecified atom stereocenters. The second kappa shape index (κ2) is 12.6. The number of hydrogen-bond acceptors (Lipinski definition) is 6. The largest absolute Gasteiger partial charge is 0.459 e. The monoisotopic (exact) mass is 547 g/mol. The summed E-state index contributed by atoms with van der Waals surface area (Å²) < 4.78 is 11.8. The highest BCUT2D eigenvalue weighted by Gasteiger charge is 2.42. The maximum Gasteiger partial charge on any atom is 0.328 e. The number of unbranched alkanes of at least 4 members (excludes halogenated alkanes) is 3. The molecule has 218 valence electrons. The second-order valence-electron chi connectivity index (χ2n) is 13.5. The van der Waals surface area contributed by atoms with Crippen LogP contribution in [0.4, 0.5) is 5.82 Å². The average molecular weight is 548 g/mol. The van der Waals surface area contributed by atoms with Gasteiger partial charge in [-0.3, -0.25) is 4.90 Å². The molecular weight excluding hydrogens is 498 g/mol. The van der Waals surface area contributed by atoms with E-state index in [1.165, 1.54) is 55.3 Å². The molecule has 2 saturated heterocycles. The van der Waals surface area contributed by atoms with Crippen LogP contribution in [0.1, 0.15) is 101 Å². The smallest absolute Gasteiger partial charge is 0.328 e. The third-order valence-electron chi connectivity index (χ3n) is 8.85. The lowest BCUT2D eigenvalue weighted by molar-refractivity contribution is -0.165. The average Bonchev–Trinajstić information content (AvgIpc) is 3.35. The summed E-state index contributed by atoms with van der Waals surface area (Å²) in [5.41, 5.74) is 4.33. The second-order valence-corrected chi connectivity index (χ2v) is 13.5. The number of carbonyl (C=O) groups is 1. The van der Waals surface area contributed by atoms with Gasteiger partial charge in [0.25, 0.3) is 0 Å². The number of fused-ring (bicyclic) bond motifs is 1. The Kier molecular flexibility index (Phi) is 9.16. The fourth-order valence-corrected chi connectivity index (χ4v) is 6.60. The highest BCUT2D eigenvalue weighted by Crippen LogP contribution is 2.41. The molecule has 6 heteroatoms. The van der Waals surface area contributed by atoms with Crippen molar-refractivity contribution in [3.05, 3.63) is 58.8 Å². The van der Waals surface area contributed by atoms with Crippen LogP contribution in [0.15, 0.2) is 36.4 Å². The van der Waals surface area contributed by atoms with Crippen LogP contribution in [0.2, 0.25) is 0 Å². The molecule has 1 N–H and O–H groups in total. The van der Waals surface area contributed by atoms with Crippen molar-refractivity contribution in [1.82, 2.24) is 9.88 Å². The number of aromatic nitrogens is 1. The summed E-state index contributed by atoms with van der Waals surface area (Å²) in [5, 5.41) is 3.45. The van der Waals surface area contributed by atoms with Gasteiger partial charge in [0.2, 0.25) is 0 Å². The summed E-state index contributed by atoms with van der Waals surface area (Å²) in [4.78, 5) is 20.8. The van der Waals surface area contributed by atoms with Crippen LogP contribution in [0.5, 0.6) is 0 Å². The van der Waals surface area contributed by atoms with Crippen molar-refractivity contribution in [3.63, 3.8) is 0 Å². The van der Waals surface area contributed by atoms with Crippen LogP contribution in [0.25, 0.3) is 0 Å². The standard InChI is InChI=1S/C34H49N3O3/c1-33(2,3)40-32(38)30(28-15-9-10-16-29(28)34(4)19-21-39-24-34)37-22-25(23-37)12-7-5-6-8-14-27-18-17-26-13-11-20-35-31(26)36-27/h9-10,15-18,25,30H,5-8,11-14,19-24H2,1-4H3,(H,35,36). The van der Waals surface area contributed by atoms with Crippen molar-refractivity contribution in [2.45, 2.75) is 103 Å². The molecule has 1 aromatic carbocycles. The maximum absolute atomic E-state index is 13.6. The van der Waals surface area contributed by atoms with Gasteiger partial charge in [-0.25, -0.2) is 9.78 Å². The summed E-state index contributed by atoms with van der Waals surface area (Å²) in [5.74, 6) is 1.62. The van der Waals surface area contributed by atoms with Crippen LogP contribution in [0, 0.1) is 5.92 Å². The molecule has 2 atom stereocenters. The lowest BCUT2D eigenvalue weighted by Gasteiger charge is -2.45. The van der Waals surface area contributed by atoms with E-state index < -0.39 is 5.60 Å². The SMILES string of the molecule is CC(C)(C)OC(=O)C(c1ccccc1C1(C)CCOC1)N1CC(CCCCCCc2ccc3c(n2)NCCC3)C1. The van der Waals surface area contributed by atoms with Crippen LogP contribution < -0.4 is 5.32 Å². The number of benzene rings is 1. The number of pyridine rings is 1. The molecule has 3 aliphatic rings. The molecule has 6 nitrogen and oxygen atoms in total. The Labute approximate surface area is 241 Å². The quantitative estimate of drug-likeness (QED) is 0.252. The first-order chi connectivity index (χ1) is 19.2. The minimum atomic E-state index is -0.514. The Morgan fingerprint density at radius 3 is 2.73 bits per heavy atom. The van der Waals surface area contributed by atoms with Crippen LogP contribution in [-0.2, 0) is 32.5 Å². The zero-order chi connectivity index (χ0) is 28.2. The van der Waals surface area contributed by atoms with Crippen molar-refractivity contribution >= 4 is 11.8 Å². The molecule has 0 bridgehead atoms. The molecule has 0 amide bonds. The van der Waals surface area contributed by atoms with Crippen LogP contribution >= 0.6 is 0 Å². The van der Waals surface area contributed by atoms with E-state index in [9.17, 15) is 4.79 Å². The lowest BCUT2D eigenvalue weighted by atomic mass is 9.77. The van der Waals surface area contributed by atoms with E-state index in [1.807, 2.05) is 20.8 Å². The van der Waals surface area contributed by atoms with Crippen molar-refractivity contribution in [3.8, 4) is 0 Å². The highest BCUT2D eigenvalue weighted by atomic mass is 16.6. The van der Waals surface area contributed by atoms with Gasteiger partial charge in [-0.05, 0) is 88.0 Å². The summed E-state index contributed by atoms with van der Waals surface area (Å²) in [7, 11) is 0. The van der Waals surface area contributed by atoms with Crippen LogP contribution in [0.3, 0.4) is 0 Å². The van der Waals surface area contributed by atoms with Gasteiger partial charge in [-0.2, -0.15) is 0 Å². The molecule has 0 aliphatic carbocycles. The topological polar surface area (TPSA) is 63.7 Å². The van der Waals surface area contributed by atoms with Crippen LogP contribution in [-0.4, -0.2) is 54.3 Å². The molecular formula is C34H49N3O3. The first-order valence-electron chi connectivity index (χ1n) is 15.6. The van der Waals surface area contributed by atoms with Gasteiger partial charge in [0.15, 0.2) is 0 Å². The number of esters is 1. The van der Waals surface area contributed by atoms with E-state index in [0.29, 0.717) is 12.5 Å². The van der Waals surface area contributed by atoms with Crippen molar-refractivity contribution in [2.24, 2.45) is 5.92 Å². The van der Waals surface area contributed by atoms with E-state index >= 15 is 0 Å². The number of nitrogens with zero attached hydrogens (tertiary/aromatic N) is 2. The van der Waals surface area contributed by atoms with Gasteiger partial charge in [-0.15, -0.1) is 0 Å². The normalized spacial score (nSPS) is 22.3. The van der Waals surface area contributed by atoms with Gasteiger partial charge in [0.05, 0.1) is 6.61 Å². The van der Waals surface area contributed by atoms with E-state index in [2.05, 4.69) is 53.5 Å². The predicted molar refractivity (Wildman–Crippen MR) is 161 cm³/mol. The first-order valence-corrected chi connectivity index (χ1v) is 15.6. The first kappa shape index (κ1) is 29.1. The number of aryl methyl sites for hydroxylation is 2. The molecule has 4 heterocycles. The van der Waals surface area contributed by atoms with Gasteiger partial charge in [0, 0.05) is 37.4 Å². The van der Waals surface area contributed by atoms with E-state index in [4.69, 9.17) is 14.5 Å². The zero-order valence-corrected chi connectivity index (χ0v) is 25.1. The fourth-order valence-electron chi connectivity index (χ4n) is 6.60. The number of nitrogens with one attached hydrogen (secondary N) is 1. The summed E-state index contributed by atoms with van der Waals surface area (Å²) in [6.07, 6.45) is 10.6. The molecule has 0 saturated carbocycles. The minimum absolute atomic E-state index is 0.0632. The molecule has 2 aromatic rings. The molecule has 0 radical (unpaired) electrons. The fraction of sp³-hybridized carbons (Fsp3) is 0.647. The molecule has 3 aliphatic heterocycles. The number of rotatable bonds is 11. The van der Waals surface area contributed by atoms with Crippen molar-refractivity contribution < 1.29 is 14.3 Å². The van der Waals surface area contributed by atoms with E-state index in [-0.39, 0.29) is 17.4 Å². The molecule has 40 heavy (non-hydrogen) atoms. The number of carbonyl (C=O) groups excluding carboxylic acids is 1. The van der Waals surface area contributed by atoms with E-state index in [1.54, 1.807) is 0 Å². The van der Waals surface area contributed by atoms with Gasteiger partial charge in [0.1, 0.15) is 17.5 Å². The van der Waals surface area contributed by atoms with Gasteiger partial charge in [-0.1, -0.05) is 56.5 Å². The molecule has 5 rings (SSSR count). The Morgan fingerprint density at radius 1 is 1.15 bits per heavy atom. The molecule has 0 spiro atoms. The Bertz CT molecular complexity index is 1150. The molecule has 1 aromatic heterocycles. The zero-order valence-electron chi connectivity index (χ0n) is 25.1. The maximum atomic E-state index is 13.6. The van der Waals surface area contributed by atoms with Gasteiger partial charge < -0.3 is 14.8 Å². The number of hydrogen-bond donors (Lipinski definition) is 1. The minimum Gasteiger partial charge on any atom is -0.459 e. The van der Waals surface area contributed by atoms with Gasteiger partial charge >= 0.3 is 5.97 Å². The number of anilines is 1. The predicted octanol–water partition coefficient (Wildman–Crippen LogP) is 6.63. The summed E-state index contributed by atoms with van der Waals surface area (Å²) >= 11 is 0. The lowest BCUT2D eigenvalue weighted by Crippen LogP contribution is -2.52. The Hall–Kier alpha value is -2.44. The third-order valence-corrected chi connectivity index (χ3v) is 8.85. The molecule has 2 fully saturated rings. The summed E-state index contributed by atoms with van der Waals surface area (Å²) in [6.45, 7) is 12.6. The van der Waals surface area contributed by atoms with Crippen molar-refractivity contribution in [1.29, 1.82) is 0 Å². The third kappa shape index (κ3) is 7.06. The Balaban J connectivity index is 1.12. The Morgan fingerprint density at radius 2 is 1.95 bits per heavy atom. The van der Waals surface area contributed by atoms with E-state index in [0.717, 1.165) is 56.9 Å². The number of ether oxygens (including phenoxy) is 2.